The second kappa shape index (κ2) is 7.85. The van der Waals surface area contributed by atoms with Gasteiger partial charge in [0.1, 0.15) is 12.4 Å². The number of benzene rings is 2. The molecule has 0 atom stereocenters. The molecule has 2 aromatic heterocycles. The Balaban J connectivity index is 1.87. The molecule has 2 heterocycles. The van der Waals surface area contributed by atoms with Crippen molar-refractivity contribution in [2.75, 3.05) is 0 Å². The van der Waals surface area contributed by atoms with Crippen LogP contribution in [0.1, 0.15) is 22.4 Å². The zero-order chi connectivity index (χ0) is 22.3. The van der Waals surface area contributed by atoms with E-state index in [1.54, 1.807) is 31.2 Å². The van der Waals surface area contributed by atoms with Gasteiger partial charge >= 0.3 is 6.18 Å². The molecule has 0 spiro atoms. The number of hydrogen-bond donors (Lipinski definition) is 0. The summed E-state index contributed by atoms with van der Waals surface area (Å²) in [5.41, 5.74) is 0.877. The number of nitrogens with zero attached hydrogens (tertiary/aromatic N) is 3. The van der Waals surface area contributed by atoms with Gasteiger partial charge in [-0.2, -0.15) is 23.3 Å². The molecule has 31 heavy (non-hydrogen) atoms. The molecule has 0 aliphatic carbocycles. The lowest BCUT2D eigenvalue weighted by molar-refractivity contribution is -0.136. The van der Waals surface area contributed by atoms with Gasteiger partial charge in [0.05, 0.1) is 22.3 Å². The molecular formula is C22H16ClF4N3O. The maximum absolute atomic E-state index is 13.9. The summed E-state index contributed by atoms with van der Waals surface area (Å²) in [6, 6.07) is 11.5. The number of pyridine rings is 1. The molecule has 0 fully saturated rings. The molecule has 4 aromatic rings. The molecule has 0 radical (unpaired) electrons. The first-order chi connectivity index (χ1) is 14.6. The number of aromatic nitrogens is 3. The summed E-state index contributed by atoms with van der Waals surface area (Å²) in [6.07, 6.45) is -4.65. The Hall–Kier alpha value is -3.13. The van der Waals surface area contributed by atoms with Gasteiger partial charge in [0.15, 0.2) is 5.65 Å². The van der Waals surface area contributed by atoms with E-state index in [0.717, 1.165) is 6.07 Å². The van der Waals surface area contributed by atoms with Crippen LogP contribution in [0, 0.1) is 19.7 Å². The minimum atomic E-state index is -4.65. The van der Waals surface area contributed by atoms with Crippen LogP contribution in [0.5, 0.6) is 5.88 Å². The topological polar surface area (TPSA) is 39.9 Å². The monoisotopic (exact) mass is 449 g/mol. The molecule has 2 aromatic carbocycles. The van der Waals surface area contributed by atoms with Crippen LogP contribution in [0.25, 0.3) is 16.7 Å². The first kappa shape index (κ1) is 21.1. The van der Waals surface area contributed by atoms with Gasteiger partial charge in [0.2, 0.25) is 5.88 Å². The van der Waals surface area contributed by atoms with Crippen molar-refractivity contribution in [2.24, 2.45) is 0 Å². The zero-order valence-electron chi connectivity index (χ0n) is 16.5. The lowest BCUT2D eigenvalue weighted by Gasteiger charge is -2.13. The lowest BCUT2D eigenvalue weighted by atomic mass is 10.1. The van der Waals surface area contributed by atoms with E-state index >= 15 is 0 Å². The third kappa shape index (κ3) is 4.07. The highest BCUT2D eigenvalue weighted by atomic mass is 35.5. The van der Waals surface area contributed by atoms with E-state index in [1.165, 1.54) is 29.8 Å². The van der Waals surface area contributed by atoms with Gasteiger partial charge in [0.25, 0.3) is 0 Å². The SMILES string of the molecule is Cc1c(Cl)cccc1-n1nc(C)c2c(C(F)(F)F)cc(OCc3cccc(F)c3)nc21. The summed E-state index contributed by atoms with van der Waals surface area (Å²) >= 11 is 6.19. The fourth-order valence-corrected chi connectivity index (χ4v) is 3.51. The van der Waals surface area contributed by atoms with E-state index in [9.17, 15) is 17.6 Å². The van der Waals surface area contributed by atoms with Gasteiger partial charge in [-0.3, -0.25) is 0 Å². The van der Waals surface area contributed by atoms with Crippen molar-refractivity contribution in [1.29, 1.82) is 0 Å². The molecule has 0 saturated carbocycles. The molecule has 0 saturated heterocycles. The highest BCUT2D eigenvalue weighted by Crippen LogP contribution is 2.39. The van der Waals surface area contributed by atoms with Gasteiger partial charge in [0, 0.05) is 11.1 Å². The Labute approximate surface area is 180 Å². The summed E-state index contributed by atoms with van der Waals surface area (Å²) in [5.74, 6) is -0.712. The van der Waals surface area contributed by atoms with Crippen LogP contribution in [0.3, 0.4) is 0 Å². The maximum Gasteiger partial charge on any atom is 0.417 e. The Morgan fingerprint density at radius 1 is 1.06 bits per heavy atom. The second-order valence-corrected chi connectivity index (χ2v) is 7.41. The predicted octanol–water partition coefficient (Wildman–Crippen LogP) is 6.43. The first-order valence-corrected chi connectivity index (χ1v) is 9.63. The Bertz CT molecular complexity index is 1280. The minimum Gasteiger partial charge on any atom is -0.473 e. The van der Waals surface area contributed by atoms with Crippen LogP contribution in [0.4, 0.5) is 17.6 Å². The van der Waals surface area contributed by atoms with Crippen LogP contribution < -0.4 is 4.74 Å². The third-order valence-corrected chi connectivity index (χ3v) is 5.25. The van der Waals surface area contributed by atoms with Gasteiger partial charge in [-0.15, -0.1) is 0 Å². The van der Waals surface area contributed by atoms with Crippen LogP contribution in [-0.2, 0) is 12.8 Å². The number of fused-ring (bicyclic) bond motifs is 1. The van der Waals surface area contributed by atoms with Crippen molar-refractivity contribution in [1.82, 2.24) is 14.8 Å². The summed E-state index contributed by atoms with van der Waals surface area (Å²) < 4.78 is 61.8. The number of hydrogen-bond acceptors (Lipinski definition) is 3. The number of alkyl halides is 3. The van der Waals surface area contributed by atoms with Gasteiger partial charge in [-0.05, 0) is 49.2 Å². The molecule has 9 heteroatoms. The number of ether oxygens (including phenoxy) is 1. The molecule has 0 bridgehead atoms. The normalized spacial score (nSPS) is 11.8. The predicted molar refractivity (Wildman–Crippen MR) is 109 cm³/mol. The fraction of sp³-hybridized carbons (Fsp3) is 0.182. The highest BCUT2D eigenvalue weighted by Gasteiger charge is 2.36. The summed E-state index contributed by atoms with van der Waals surface area (Å²) in [4.78, 5) is 4.30. The van der Waals surface area contributed by atoms with E-state index in [-0.39, 0.29) is 29.2 Å². The number of halogens is 5. The van der Waals surface area contributed by atoms with E-state index in [2.05, 4.69) is 10.1 Å². The van der Waals surface area contributed by atoms with Crippen LogP contribution in [-0.4, -0.2) is 14.8 Å². The highest BCUT2D eigenvalue weighted by molar-refractivity contribution is 6.31. The molecule has 0 amide bonds. The van der Waals surface area contributed by atoms with Crippen molar-refractivity contribution in [3.63, 3.8) is 0 Å². The second-order valence-electron chi connectivity index (χ2n) is 7.00. The number of aryl methyl sites for hydroxylation is 1. The standard InChI is InChI=1S/C22H16ClF4N3O/c1-12-17(23)7-4-8-18(12)30-21-20(13(2)29-30)16(22(25,26)27)10-19(28-21)31-11-14-5-3-6-15(24)9-14/h3-10H,11H2,1-2H3. The van der Waals surface area contributed by atoms with E-state index in [0.29, 0.717) is 21.8 Å². The Morgan fingerprint density at radius 3 is 2.52 bits per heavy atom. The number of rotatable bonds is 4. The van der Waals surface area contributed by atoms with Crippen molar-refractivity contribution >= 4 is 22.6 Å². The van der Waals surface area contributed by atoms with Gasteiger partial charge in [-0.1, -0.05) is 29.8 Å². The van der Waals surface area contributed by atoms with Crippen molar-refractivity contribution in [2.45, 2.75) is 26.6 Å². The van der Waals surface area contributed by atoms with Crippen LogP contribution in [0.15, 0.2) is 48.5 Å². The molecule has 0 aliphatic heterocycles. The average molecular weight is 450 g/mol. The minimum absolute atomic E-state index is 0.00747. The molecule has 0 N–H and O–H groups in total. The fourth-order valence-electron chi connectivity index (χ4n) is 3.34. The molecule has 0 unspecified atom stereocenters. The van der Waals surface area contributed by atoms with E-state index in [1.807, 2.05) is 0 Å². The van der Waals surface area contributed by atoms with Crippen molar-refractivity contribution in [3.8, 4) is 11.6 Å². The molecule has 4 nitrogen and oxygen atoms in total. The molecular weight excluding hydrogens is 434 g/mol. The quantitative estimate of drug-likeness (QED) is 0.337. The smallest absolute Gasteiger partial charge is 0.417 e. The summed E-state index contributed by atoms with van der Waals surface area (Å²) in [7, 11) is 0. The van der Waals surface area contributed by atoms with E-state index in [4.69, 9.17) is 16.3 Å². The summed E-state index contributed by atoms with van der Waals surface area (Å²) in [5, 5.41) is 4.63. The first-order valence-electron chi connectivity index (χ1n) is 9.25. The average Bonchev–Trinajstić information content (AvgIpc) is 3.03. The molecule has 0 aliphatic rings. The van der Waals surface area contributed by atoms with Crippen LogP contribution >= 0.6 is 11.6 Å². The molecule has 4 rings (SSSR count). The lowest BCUT2D eigenvalue weighted by Crippen LogP contribution is -2.09. The zero-order valence-corrected chi connectivity index (χ0v) is 17.2. The molecule has 160 valence electrons. The Morgan fingerprint density at radius 2 is 1.81 bits per heavy atom. The third-order valence-electron chi connectivity index (χ3n) is 4.84. The van der Waals surface area contributed by atoms with Crippen molar-refractivity contribution < 1.29 is 22.3 Å². The van der Waals surface area contributed by atoms with Gasteiger partial charge in [-0.25, -0.2) is 9.07 Å². The van der Waals surface area contributed by atoms with Crippen LogP contribution in [0.2, 0.25) is 5.02 Å². The van der Waals surface area contributed by atoms with Gasteiger partial charge < -0.3 is 4.74 Å². The Kier molecular flexibility index (Phi) is 5.35. The summed E-state index contributed by atoms with van der Waals surface area (Å²) in [6.45, 7) is 3.09. The van der Waals surface area contributed by atoms with E-state index < -0.39 is 17.6 Å². The maximum atomic E-state index is 13.9. The van der Waals surface area contributed by atoms with Crippen molar-refractivity contribution in [3.05, 3.63) is 81.8 Å². The largest absolute Gasteiger partial charge is 0.473 e.